The van der Waals surface area contributed by atoms with Crippen molar-refractivity contribution in [1.29, 1.82) is 0 Å². The van der Waals surface area contributed by atoms with E-state index in [1.807, 2.05) is 0 Å². The molecule has 10 heteroatoms. The minimum Gasteiger partial charge on any atom is -0.395 e. The van der Waals surface area contributed by atoms with Crippen molar-refractivity contribution in [2.45, 2.75) is 32.9 Å². The van der Waals surface area contributed by atoms with E-state index in [2.05, 4.69) is 15.7 Å². The topological polar surface area (TPSA) is 105 Å². The Morgan fingerprint density at radius 3 is 2.84 bits per heavy atom. The summed E-state index contributed by atoms with van der Waals surface area (Å²) in [5.41, 5.74) is 0.780. The van der Waals surface area contributed by atoms with Gasteiger partial charge in [0.25, 0.3) is 5.91 Å². The molecule has 2 aromatic rings. The number of rotatable bonds is 9. The summed E-state index contributed by atoms with van der Waals surface area (Å²) in [4.78, 5) is 24.7. The molecule has 168 valence electrons. The summed E-state index contributed by atoms with van der Waals surface area (Å²) in [5, 5.41) is 19.2. The third-order valence-corrected chi connectivity index (χ3v) is 5.33. The fourth-order valence-electron chi connectivity index (χ4n) is 3.38. The summed E-state index contributed by atoms with van der Waals surface area (Å²) in [5.74, 6) is -2.49. The molecule has 0 radical (unpaired) electrons. The van der Waals surface area contributed by atoms with Crippen molar-refractivity contribution in [2.24, 2.45) is 5.41 Å². The fraction of sp³-hybridized carbons (Fsp3) is 0.476. The van der Waals surface area contributed by atoms with E-state index < -0.39 is 29.0 Å². The molecule has 3 N–H and O–H groups in total. The van der Waals surface area contributed by atoms with Crippen LogP contribution in [0.5, 0.6) is 0 Å². The number of nitrogens with zero attached hydrogens (tertiary/aromatic N) is 2. The van der Waals surface area contributed by atoms with Crippen LogP contribution < -0.4 is 10.6 Å². The van der Waals surface area contributed by atoms with Crippen LogP contribution in [0.2, 0.25) is 0 Å². The van der Waals surface area contributed by atoms with Gasteiger partial charge in [0.05, 0.1) is 37.2 Å². The first-order chi connectivity index (χ1) is 14.8. The molecule has 1 aromatic carbocycles. The molecular weight excluding hydrogens is 410 g/mol. The SMILES string of the molecule is CC(C)(C=O)C(CNCCO)NC(=O)c1nn(-c2ccc(F)c(F)c2)c2c1COCC2. The third-order valence-electron chi connectivity index (χ3n) is 5.33. The van der Waals surface area contributed by atoms with Crippen LogP contribution in [0.3, 0.4) is 0 Å². The minimum atomic E-state index is -1.01. The highest BCUT2D eigenvalue weighted by molar-refractivity contribution is 5.94. The number of carbonyl (C=O) groups excluding carboxylic acids is 2. The predicted octanol–water partition coefficient (Wildman–Crippen LogP) is 1.13. The van der Waals surface area contributed by atoms with Crippen LogP contribution in [-0.4, -0.2) is 59.4 Å². The van der Waals surface area contributed by atoms with Crippen LogP contribution in [0.4, 0.5) is 8.78 Å². The van der Waals surface area contributed by atoms with Gasteiger partial charge in [0.15, 0.2) is 17.3 Å². The van der Waals surface area contributed by atoms with E-state index in [1.165, 1.54) is 10.7 Å². The molecule has 0 fully saturated rings. The lowest BCUT2D eigenvalue weighted by Gasteiger charge is -2.30. The molecule has 0 saturated heterocycles. The summed E-state index contributed by atoms with van der Waals surface area (Å²) in [6.45, 7) is 4.47. The first-order valence-corrected chi connectivity index (χ1v) is 10.0. The second-order valence-electron chi connectivity index (χ2n) is 7.98. The Hall–Kier alpha value is -2.69. The van der Waals surface area contributed by atoms with Gasteiger partial charge in [-0.3, -0.25) is 4.79 Å². The number of hydrogen-bond acceptors (Lipinski definition) is 6. The molecule has 1 aliphatic heterocycles. The van der Waals surface area contributed by atoms with Crippen LogP contribution in [0.25, 0.3) is 5.69 Å². The summed E-state index contributed by atoms with van der Waals surface area (Å²) in [7, 11) is 0. The second kappa shape index (κ2) is 9.63. The summed E-state index contributed by atoms with van der Waals surface area (Å²) >= 11 is 0. The van der Waals surface area contributed by atoms with Gasteiger partial charge in [-0.1, -0.05) is 13.8 Å². The molecule has 0 saturated carbocycles. The van der Waals surface area contributed by atoms with Crippen molar-refractivity contribution in [3.63, 3.8) is 0 Å². The van der Waals surface area contributed by atoms with Crippen LogP contribution in [0.15, 0.2) is 18.2 Å². The van der Waals surface area contributed by atoms with Crippen molar-refractivity contribution >= 4 is 12.2 Å². The average molecular weight is 436 g/mol. The third kappa shape index (κ3) is 4.97. The van der Waals surface area contributed by atoms with Gasteiger partial charge in [-0.15, -0.1) is 0 Å². The van der Waals surface area contributed by atoms with Crippen molar-refractivity contribution in [1.82, 2.24) is 20.4 Å². The summed E-state index contributed by atoms with van der Waals surface area (Å²) < 4.78 is 34.1. The lowest BCUT2D eigenvalue weighted by molar-refractivity contribution is -0.115. The number of aldehydes is 1. The predicted molar refractivity (Wildman–Crippen MR) is 108 cm³/mol. The zero-order chi connectivity index (χ0) is 22.6. The molecule has 1 aromatic heterocycles. The van der Waals surface area contributed by atoms with Crippen LogP contribution in [0, 0.1) is 17.0 Å². The lowest BCUT2D eigenvalue weighted by Crippen LogP contribution is -2.52. The number of aromatic nitrogens is 2. The van der Waals surface area contributed by atoms with Gasteiger partial charge in [-0.25, -0.2) is 13.5 Å². The highest BCUT2D eigenvalue weighted by Gasteiger charge is 2.33. The first kappa shape index (κ1) is 23.0. The molecule has 1 amide bonds. The quantitative estimate of drug-likeness (QED) is 0.402. The maximum Gasteiger partial charge on any atom is 0.272 e. The minimum absolute atomic E-state index is 0.0777. The zero-order valence-electron chi connectivity index (χ0n) is 17.5. The van der Waals surface area contributed by atoms with E-state index in [-0.39, 0.29) is 25.5 Å². The van der Waals surface area contributed by atoms with E-state index in [9.17, 15) is 18.4 Å². The van der Waals surface area contributed by atoms with Gasteiger partial charge in [0.1, 0.15) is 6.29 Å². The number of fused-ring (bicyclic) bond motifs is 1. The number of ether oxygens (including phenoxy) is 1. The van der Waals surface area contributed by atoms with E-state index in [0.717, 1.165) is 18.4 Å². The molecular formula is C21H26F2N4O4. The van der Waals surface area contributed by atoms with Crippen molar-refractivity contribution in [2.75, 3.05) is 26.3 Å². The zero-order valence-corrected chi connectivity index (χ0v) is 17.5. The summed E-state index contributed by atoms with van der Waals surface area (Å²) in [6, 6.07) is 2.85. The monoisotopic (exact) mass is 436 g/mol. The van der Waals surface area contributed by atoms with Gasteiger partial charge in [0, 0.05) is 36.6 Å². The van der Waals surface area contributed by atoms with Gasteiger partial charge >= 0.3 is 0 Å². The van der Waals surface area contributed by atoms with E-state index in [1.54, 1.807) is 13.8 Å². The van der Waals surface area contributed by atoms with Crippen molar-refractivity contribution < 1.29 is 28.2 Å². The number of hydrogen-bond donors (Lipinski definition) is 3. The smallest absolute Gasteiger partial charge is 0.272 e. The number of amides is 1. The largest absolute Gasteiger partial charge is 0.395 e. The Kier molecular flexibility index (Phi) is 7.14. The Morgan fingerprint density at radius 1 is 1.39 bits per heavy atom. The maximum absolute atomic E-state index is 13.8. The van der Waals surface area contributed by atoms with Gasteiger partial charge in [-0.05, 0) is 12.1 Å². The molecule has 1 aliphatic rings. The number of benzene rings is 1. The summed E-state index contributed by atoms with van der Waals surface area (Å²) in [6.07, 6.45) is 1.22. The fourth-order valence-corrected chi connectivity index (χ4v) is 3.38. The van der Waals surface area contributed by atoms with E-state index in [4.69, 9.17) is 9.84 Å². The Morgan fingerprint density at radius 2 is 2.16 bits per heavy atom. The molecule has 0 bridgehead atoms. The lowest BCUT2D eigenvalue weighted by atomic mass is 9.85. The number of aliphatic hydroxyl groups is 1. The first-order valence-electron chi connectivity index (χ1n) is 10.0. The van der Waals surface area contributed by atoms with E-state index in [0.29, 0.717) is 36.5 Å². The number of aliphatic hydroxyl groups excluding tert-OH is 1. The Labute approximate surface area is 178 Å². The number of carbonyl (C=O) groups is 2. The molecule has 2 heterocycles. The molecule has 1 atom stereocenters. The molecule has 1 unspecified atom stereocenters. The highest BCUT2D eigenvalue weighted by Crippen LogP contribution is 2.26. The molecule has 31 heavy (non-hydrogen) atoms. The Balaban J connectivity index is 1.93. The maximum atomic E-state index is 13.8. The second-order valence-corrected chi connectivity index (χ2v) is 7.98. The van der Waals surface area contributed by atoms with Gasteiger partial charge in [0.2, 0.25) is 0 Å². The van der Waals surface area contributed by atoms with Gasteiger partial charge < -0.3 is 25.3 Å². The van der Waals surface area contributed by atoms with E-state index >= 15 is 0 Å². The number of halogens is 2. The Bertz CT molecular complexity index is 961. The van der Waals surface area contributed by atoms with Crippen LogP contribution >= 0.6 is 0 Å². The average Bonchev–Trinajstić information content (AvgIpc) is 3.15. The van der Waals surface area contributed by atoms with Crippen molar-refractivity contribution in [3.05, 3.63) is 46.8 Å². The van der Waals surface area contributed by atoms with Crippen LogP contribution in [0.1, 0.15) is 35.6 Å². The van der Waals surface area contributed by atoms with Gasteiger partial charge in [-0.2, -0.15) is 5.10 Å². The molecule has 3 rings (SSSR count). The molecule has 8 nitrogen and oxygen atoms in total. The highest BCUT2D eigenvalue weighted by atomic mass is 19.2. The standard InChI is InChI=1S/C21H26F2N4O4/c1-21(2,12-29)18(10-24-6-7-28)25-20(30)19-14-11-31-8-5-17(14)27(26-19)13-3-4-15(22)16(23)9-13/h3-4,9,12,18,24,28H,5-8,10-11H2,1-2H3,(H,25,30). The van der Waals surface area contributed by atoms with Crippen molar-refractivity contribution in [3.8, 4) is 5.69 Å². The normalized spacial score (nSPS) is 14.7. The van der Waals surface area contributed by atoms with Crippen LogP contribution in [-0.2, 0) is 22.6 Å². The molecule has 0 aliphatic carbocycles. The number of nitrogens with one attached hydrogen (secondary N) is 2. The molecule has 0 spiro atoms.